The monoisotopic (exact) mass is 292 g/mol. The lowest BCUT2D eigenvalue weighted by Gasteiger charge is -2.05. The van der Waals surface area contributed by atoms with E-state index in [9.17, 15) is 0 Å². The van der Waals surface area contributed by atoms with Crippen LogP contribution < -0.4 is 0 Å². The van der Waals surface area contributed by atoms with Gasteiger partial charge in [0.2, 0.25) is 0 Å². The zero-order valence-electron chi connectivity index (χ0n) is 5.97. The Morgan fingerprint density at radius 2 is 1.33 bits per heavy atom. The minimum absolute atomic E-state index is 0.121. The van der Waals surface area contributed by atoms with Gasteiger partial charge in [0.1, 0.15) is 0 Å². The quantitative estimate of drug-likeness (QED) is 0.521. The van der Waals surface area contributed by atoms with Gasteiger partial charge in [0.25, 0.3) is 0 Å². The number of hydrogen-bond acceptors (Lipinski definition) is 4. The van der Waals surface area contributed by atoms with E-state index in [1.54, 1.807) is 6.92 Å². The van der Waals surface area contributed by atoms with Crippen LogP contribution in [0.3, 0.4) is 0 Å². The van der Waals surface area contributed by atoms with Crippen molar-refractivity contribution in [3.05, 3.63) is 0 Å². The summed E-state index contributed by atoms with van der Waals surface area (Å²) in [5, 5.41) is -2.72. The number of rotatable bonds is 2. The SMILES string of the molecule is CCO[Si](O)(O)O.Cl[Si](Cl)(Cl)Cl. The maximum absolute atomic E-state index is 8.05. The standard InChI is InChI=1S/C2H8O4Si.Cl4Si/c1-2-6-7(3,4)5;1-5(2,3)4/h3-5H,2H2,1H3;. The van der Waals surface area contributed by atoms with Gasteiger partial charge < -0.3 is 18.8 Å². The van der Waals surface area contributed by atoms with Crippen LogP contribution >= 0.6 is 44.3 Å². The molecule has 4 nitrogen and oxygen atoms in total. The fourth-order valence-corrected chi connectivity index (χ4v) is 0.581. The van der Waals surface area contributed by atoms with Crippen molar-refractivity contribution in [3.63, 3.8) is 0 Å². The van der Waals surface area contributed by atoms with Gasteiger partial charge in [-0.1, -0.05) is 0 Å². The lowest BCUT2D eigenvalue weighted by atomic mass is 10.9. The van der Waals surface area contributed by atoms with Gasteiger partial charge in [0, 0.05) is 6.61 Å². The molecular weight excluding hydrogens is 286 g/mol. The molecule has 0 rings (SSSR count). The Kier molecular flexibility index (Phi) is 9.03. The Bertz CT molecular complexity index is 105. The normalized spacial score (nSPS) is 12.0. The molecule has 3 N–H and O–H groups in total. The first-order valence-corrected chi connectivity index (χ1v) is 10.4. The van der Waals surface area contributed by atoms with Crippen molar-refractivity contribution in [1.29, 1.82) is 0 Å². The molecule has 0 aromatic carbocycles. The Labute approximate surface area is 90.9 Å². The molecule has 0 aliphatic rings. The Morgan fingerprint density at radius 1 is 1.08 bits per heavy atom. The maximum Gasteiger partial charge on any atom is 0.671 e. The maximum atomic E-state index is 8.05. The first-order valence-electron chi connectivity index (χ1n) is 2.63. The summed E-state index contributed by atoms with van der Waals surface area (Å²) >= 11 is 19.9. The minimum Gasteiger partial charge on any atom is -0.368 e. The second-order valence-electron chi connectivity index (χ2n) is 1.44. The summed E-state index contributed by atoms with van der Waals surface area (Å²) in [6.45, 7) is 1.68. The van der Waals surface area contributed by atoms with Crippen molar-refractivity contribution in [1.82, 2.24) is 0 Å². The van der Waals surface area contributed by atoms with Crippen LogP contribution in [-0.4, -0.2) is 35.4 Å². The zero-order valence-corrected chi connectivity index (χ0v) is 11.0. The second-order valence-corrected chi connectivity index (χ2v) is 14.0. The summed E-state index contributed by atoms with van der Waals surface area (Å²) in [6, 6.07) is 0. The molecule has 0 saturated heterocycles. The van der Waals surface area contributed by atoms with Gasteiger partial charge in [0.05, 0.1) is 0 Å². The lowest BCUT2D eigenvalue weighted by Crippen LogP contribution is -2.38. The molecule has 10 heteroatoms. The lowest BCUT2D eigenvalue weighted by molar-refractivity contribution is 0.0687. The first kappa shape index (κ1) is 15.9. The minimum atomic E-state index is -4.16. The van der Waals surface area contributed by atoms with E-state index in [4.69, 9.17) is 58.7 Å². The highest BCUT2D eigenvalue weighted by Crippen LogP contribution is 2.23. The average molecular weight is 294 g/mol. The Hall–Kier alpha value is 1.43. The number of hydrogen-bond donors (Lipinski definition) is 3. The van der Waals surface area contributed by atoms with Crippen LogP contribution in [0.25, 0.3) is 0 Å². The van der Waals surface area contributed by atoms with E-state index in [-0.39, 0.29) is 6.61 Å². The molecule has 0 amide bonds. The fourth-order valence-electron chi connectivity index (χ4n) is 0.194. The summed E-state index contributed by atoms with van der Waals surface area (Å²) in [7, 11) is -4.16. The van der Waals surface area contributed by atoms with Crippen LogP contribution in [-0.2, 0) is 4.43 Å². The molecule has 76 valence electrons. The molecule has 0 fully saturated rings. The third kappa shape index (κ3) is 42.2. The summed E-state index contributed by atoms with van der Waals surface area (Å²) in [5.74, 6) is 0. The Morgan fingerprint density at radius 3 is 1.33 bits per heavy atom. The van der Waals surface area contributed by atoms with Crippen molar-refractivity contribution < 1.29 is 18.8 Å². The highest BCUT2D eigenvalue weighted by atomic mass is 36.0. The van der Waals surface area contributed by atoms with Crippen molar-refractivity contribution in [2.75, 3.05) is 6.61 Å². The van der Waals surface area contributed by atoms with Gasteiger partial charge in [0.15, 0.2) is 0 Å². The van der Waals surface area contributed by atoms with Gasteiger partial charge in [-0.25, -0.2) is 0 Å². The topological polar surface area (TPSA) is 69.9 Å². The van der Waals surface area contributed by atoms with Gasteiger partial charge in [-0.05, 0) is 6.92 Å². The highest BCUT2D eigenvalue weighted by Gasteiger charge is 2.29. The largest absolute Gasteiger partial charge is 0.671 e. The van der Waals surface area contributed by atoms with E-state index < -0.39 is 14.4 Å². The molecule has 0 aromatic rings. The van der Waals surface area contributed by atoms with E-state index in [2.05, 4.69) is 4.43 Å². The van der Waals surface area contributed by atoms with E-state index in [1.807, 2.05) is 0 Å². The smallest absolute Gasteiger partial charge is 0.368 e. The van der Waals surface area contributed by atoms with Crippen LogP contribution in [0.4, 0.5) is 0 Å². The molecule has 0 saturated carbocycles. The predicted molar refractivity (Wildman–Crippen MR) is 53.2 cm³/mol. The summed E-state index contributed by atoms with van der Waals surface area (Å²) in [4.78, 5) is 24.1. The Balaban J connectivity index is 0. The van der Waals surface area contributed by atoms with Gasteiger partial charge in [-0.3, -0.25) is 0 Å². The van der Waals surface area contributed by atoms with Crippen LogP contribution in [0.1, 0.15) is 6.92 Å². The third-order valence-corrected chi connectivity index (χ3v) is 1.01. The molecule has 0 unspecified atom stereocenters. The third-order valence-electron chi connectivity index (χ3n) is 0.338. The van der Waals surface area contributed by atoms with Gasteiger partial charge in [-0.15, -0.1) is 44.3 Å². The molecule has 0 aliphatic carbocycles. The van der Waals surface area contributed by atoms with E-state index in [0.29, 0.717) is 0 Å². The van der Waals surface area contributed by atoms with Crippen LogP contribution in [0.5, 0.6) is 0 Å². The van der Waals surface area contributed by atoms with E-state index in [1.165, 1.54) is 0 Å². The average Bonchev–Trinajstić information content (AvgIpc) is 1.54. The second kappa shape index (κ2) is 6.82. The molecule has 0 spiro atoms. The van der Waals surface area contributed by atoms with Gasteiger partial charge in [-0.2, -0.15) is 0 Å². The first-order chi connectivity index (χ1) is 5.06. The molecule has 0 atom stereocenters. The van der Waals surface area contributed by atoms with Crippen LogP contribution in [0.2, 0.25) is 0 Å². The fraction of sp³-hybridized carbons (Fsp3) is 1.00. The van der Waals surface area contributed by atoms with Crippen molar-refractivity contribution in [3.8, 4) is 0 Å². The van der Waals surface area contributed by atoms with Crippen LogP contribution in [0.15, 0.2) is 0 Å². The number of halogens is 4. The molecule has 0 aromatic heterocycles. The summed E-state index contributed by atoms with van der Waals surface area (Å²) in [5.41, 5.74) is 0. The van der Waals surface area contributed by atoms with E-state index in [0.717, 1.165) is 0 Å². The molecule has 0 heterocycles. The molecular formula is C2H8Cl4O4Si2. The molecule has 12 heavy (non-hydrogen) atoms. The summed E-state index contributed by atoms with van der Waals surface area (Å²) < 4.78 is 4.03. The highest BCUT2D eigenvalue weighted by molar-refractivity contribution is 7.81. The van der Waals surface area contributed by atoms with Crippen molar-refractivity contribution in [2.45, 2.75) is 6.92 Å². The van der Waals surface area contributed by atoms with E-state index >= 15 is 0 Å². The zero-order chi connectivity index (χ0) is 10.4. The molecule has 0 aliphatic heterocycles. The van der Waals surface area contributed by atoms with Crippen molar-refractivity contribution >= 4 is 58.7 Å². The van der Waals surface area contributed by atoms with Gasteiger partial charge >= 0.3 is 14.4 Å². The molecule has 0 radical (unpaired) electrons. The predicted octanol–water partition coefficient (Wildman–Crippen LogP) is 0.813. The summed E-state index contributed by atoms with van der Waals surface area (Å²) in [6.07, 6.45) is 0. The molecule has 0 bridgehead atoms. The van der Waals surface area contributed by atoms with Crippen molar-refractivity contribution in [2.24, 2.45) is 0 Å². The van der Waals surface area contributed by atoms with Crippen LogP contribution in [0, 0.1) is 0 Å².